The maximum atomic E-state index is 6.71. The standard InChI is InChI=1S/C44H39N4O.Pt/c1-43(2,3)30-14-11-16-33(24-30)47-29-48(47,41-22-10-9-21-40(41)47)34-25-31(44(4,5)6)26-36(28-34)49-35-17-12-15-32(27-35)46-39-20-8-7-18-37(39)38-19-13-23-45-42(38)46;/h7-26,29H,1-6H3;/q-1;/t47-,48?;/m0./s1. The van der Waals surface area contributed by atoms with Crippen LogP contribution in [0.2, 0.25) is 0 Å². The number of hydrogen-bond acceptors (Lipinski definition) is 2. The summed E-state index contributed by atoms with van der Waals surface area (Å²) >= 11 is 0. The van der Waals surface area contributed by atoms with Crippen LogP contribution in [0.4, 0.5) is 22.7 Å². The van der Waals surface area contributed by atoms with Crippen LogP contribution in [0.3, 0.4) is 0 Å². The zero-order valence-electron chi connectivity index (χ0n) is 29.1. The molecule has 6 heteroatoms. The molecule has 0 radical (unpaired) electrons. The molecule has 0 amide bonds. The molecule has 7 aromatic rings. The van der Waals surface area contributed by atoms with Crippen molar-refractivity contribution in [2.45, 2.75) is 52.4 Å². The minimum atomic E-state index is -0.108. The van der Waals surface area contributed by atoms with E-state index in [-0.39, 0.29) is 31.9 Å². The molecule has 2 aromatic heterocycles. The predicted octanol–water partition coefficient (Wildman–Crippen LogP) is 11.5. The number of benzene rings is 5. The number of hydrogen-bond donors (Lipinski definition) is 0. The largest absolute Gasteiger partial charge is 0.509 e. The number of pyridine rings is 1. The van der Waals surface area contributed by atoms with Crippen LogP contribution >= 0.6 is 0 Å². The summed E-state index contributed by atoms with van der Waals surface area (Å²) < 4.78 is 10.1. The summed E-state index contributed by atoms with van der Waals surface area (Å²) in [5, 5.41) is 2.27. The number of aromatic nitrogens is 2. The molecule has 1 unspecified atom stereocenters. The second-order valence-corrected chi connectivity index (χ2v) is 15.4. The minimum Gasteiger partial charge on any atom is -0.509 e. The minimum absolute atomic E-state index is 0. The van der Waals surface area contributed by atoms with Gasteiger partial charge in [0, 0.05) is 73.8 Å². The van der Waals surface area contributed by atoms with Gasteiger partial charge in [-0.15, -0.1) is 35.9 Å². The summed E-state index contributed by atoms with van der Waals surface area (Å²) in [6.45, 7) is 16.0. The van der Waals surface area contributed by atoms with Gasteiger partial charge in [0.1, 0.15) is 5.65 Å². The van der Waals surface area contributed by atoms with Gasteiger partial charge in [-0.2, -0.15) is 10.7 Å². The van der Waals surface area contributed by atoms with Crippen LogP contribution in [-0.2, 0) is 31.9 Å². The van der Waals surface area contributed by atoms with E-state index in [2.05, 4.69) is 162 Å². The molecule has 0 saturated carbocycles. The quantitative estimate of drug-likeness (QED) is 0.0981. The number of ether oxygens (including phenoxy) is 1. The molecule has 50 heavy (non-hydrogen) atoms. The van der Waals surface area contributed by atoms with Crippen LogP contribution in [0.5, 0.6) is 11.5 Å². The molecule has 9 rings (SSSR count). The van der Waals surface area contributed by atoms with Gasteiger partial charge in [0.2, 0.25) is 11.4 Å². The fourth-order valence-corrected chi connectivity index (χ4v) is 7.60. The number of rotatable bonds is 5. The summed E-state index contributed by atoms with van der Waals surface area (Å²) in [5.41, 5.74) is 10.2. The third-order valence-electron chi connectivity index (χ3n) is 10.2. The first-order valence-corrected chi connectivity index (χ1v) is 17.0. The van der Waals surface area contributed by atoms with Gasteiger partial charge < -0.3 is 9.30 Å². The van der Waals surface area contributed by atoms with Crippen molar-refractivity contribution in [3.05, 3.63) is 151 Å². The van der Waals surface area contributed by atoms with E-state index < -0.39 is 0 Å². The molecule has 2 aliphatic rings. The van der Waals surface area contributed by atoms with Gasteiger partial charge in [-0.1, -0.05) is 95.8 Å². The van der Waals surface area contributed by atoms with E-state index in [9.17, 15) is 0 Å². The predicted molar refractivity (Wildman–Crippen MR) is 200 cm³/mol. The zero-order chi connectivity index (χ0) is 33.8. The van der Waals surface area contributed by atoms with Crippen LogP contribution in [0.1, 0.15) is 52.7 Å². The molecule has 0 aliphatic carbocycles. The third-order valence-corrected chi connectivity index (χ3v) is 10.2. The Hall–Kier alpha value is -4.54. The molecule has 0 N–H and O–H groups in total. The number of fused-ring (bicyclic) bond motifs is 7. The third kappa shape index (κ3) is 4.67. The van der Waals surface area contributed by atoms with E-state index in [4.69, 9.17) is 9.72 Å². The Morgan fingerprint density at radius 3 is 2.12 bits per heavy atom. The Bertz CT molecular complexity index is 2400. The second kappa shape index (κ2) is 11.2. The summed E-state index contributed by atoms with van der Waals surface area (Å²) in [6.07, 6.45) is 1.84. The Kier molecular flexibility index (Phi) is 7.34. The summed E-state index contributed by atoms with van der Waals surface area (Å²) in [4.78, 5) is 4.76. The van der Waals surface area contributed by atoms with E-state index in [1.807, 2.05) is 24.4 Å². The first-order chi connectivity index (χ1) is 23.5. The van der Waals surface area contributed by atoms with Gasteiger partial charge in [-0.25, -0.2) is 9.58 Å². The summed E-state index contributed by atoms with van der Waals surface area (Å²) in [6, 6.07) is 48.2. The molecule has 2 aliphatic heterocycles. The van der Waals surface area contributed by atoms with E-state index in [0.717, 1.165) is 33.3 Å². The fourth-order valence-electron chi connectivity index (χ4n) is 7.60. The first kappa shape index (κ1) is 32.7. The Balaban J connectivity index is 0.00000361. The van der Waals surface area contributed by atoms with Gasteiger partial charge >= 0.3 is 0 Å². The average Bonchev–Trinajstić information content (AvgIpc) is 3.57. The van der Waals surface area contributed by atoms with E-state index in [1.165, 1.54) is 28.2 Å². The number of nitrogens with zero attached hydrogens (tertiary/aromatic N) is 4. The zero-order valence-corrected chi connectivity index (χ0v) is 31.4. The molecule has 0 spiro atoms. The van der Waals surface area contributed by atoms with Crippen LogP contribution in [0.25, 0.3) is 27.6 Å². The van der Waals surface area contributed by atoms with Crippen molar-refractivity contribution >= 4 is 44.7 Å². The SMILES string of the molecule is CC(C)(C)c1cc(Oc2[c-]c(-n3c4ccccc4c4cccnc43)ccc2)[c-]c([N+]23[CH-][N@+]2(c2cccc(C(C)(C)C)c2)c2ccccc23)c1.[Pt]. The van der Waals surface area contributed by atoms with Crippen LogP contribution in [-0.4, -0.2) is 9.55 Å². The molecule has 5 nitrogen and oxygen atoms in total. The van der Waals surface area contributed by atoms with Crippen LogP contribution in [0.15, 0.2) is 121 Å². The van der Waals surface area contributed by atoms with Crippen molar-refractivity contribution in [2.24, 2.45) is 0 Å². The van der Waals surface area contributed by atoms with Crippen molar-refractivity contribution in [1.29, 1.82) is 0 Å². The van der Waals surface area contributed by atoms with Gasteiger partial charge in [0.15, 0.2) is 12.4 Å². The molecule has 252 valence electrons. The maximum Gasteiger partial charge on any atom is 0.225 e. The molecule has 4 heterocycles. The average molecular weight is 835 g/mol. The monoisotopic (exact) mass is 834 g/mol. The Labute approximate surface area is 308 Å². The van der Waals surface area contributed by atoms with Crippen LogP contribution in [0, 0.1) is 18.8 Å². The first-order valence-electron chi connectivity index (χ1n) is 17.0. The second-order valence-electron chi connectivity index (χ2n) is 15.4. The van der Waals surface area contributed by atoms with E-state index in [1.54, 1.807) is 0 Å². The Morgan fingerprint density at radius 1 is 0.640 bits per heavy atom. The number of quaternary nitrogens is 2. The molecule has 5 aromatic carbocycles. The van der Waals surface area contributed by atoms with Gasteiger partial charge in [-0.05, 0) is 34.6 Å². The molecule has 1 fully saturated rings. The van der Waals surface area contributed by atoms with Gasteiger partial charge in [0.05, 0.1) is 11.2 Å². The summed E-state index contributed by atoms with van der Waals surface area (Å²) in [5.74, 6) is 1.31. The number of para-hydroxylation sites is 3. The molecule has 0 bridgehead atoms. The molecule has 2 atom stereocenters. The van der Waals surface area contributed by atoms with Gasteiger partial charge in [-0.3, -0.25) is 0 Å². The molecular formula is C44H39N4OPt-. The molecular weight excluding hydrogens is 796 g/mol. The van der Waals surface area contributed by atoms with Crippen molar-refractivity contribution < 1.29 is 25.8 Å². The molecule has 1 saturated heterocycles. The topological polar surface area (TPSA) is 27.1 Å². The maximum absolute atomic E-state index is 6.71. The van der Waals surface area contributed by atoms with Crippen LogP contribution < -0.4 is 13.9 Å². The smallest absolute Gasteiger partial charge is 0.225 e. The van der Waals surface area contributed by atoms with Gasteiger partial charge in [0.25, 0.3) is 0 Å². The van der Waals surface area contributed by atoms with E-state index >= 15 is 0 Å². The van der Waals surface area contributed by atoms with Crippen molar-refractivity contribution in [3.63, 3.8) is 0 Å². The van der Waals surface area contributed by atoms with E-state index in [0.29, 0.717) is 20.7 Å². The fraction of sp³-hybridized carbons (Fsp3) is 0.182. The normalized spacial score (nSPS) is 19.3. The Morgan fingerprint density at radius 2 is 1.34 bits per heavy atom. The summed E-state index contributed by atoms with van der Waals surface area (Å²) in [7, 11) is 0. The van der Waals surface area contributed by atoms with Crippen molar-refractivity contribution in [3.8, 4) is 17.2 Å². The van der Waals surface area contributed by atoms with Crippen molar-refractivity contribution in [1.82, 2.24) is 18.7 Å². The van der Waals surface area contributed by atoms with Crippen molar-refractivity contribution in [2.75, 3.05) is 0 Å².